The molecule has 86 valence electrons. The zero-order chi connectivity index (χ0) is 12.0. The van der Waals surface area contributed by atoms with Crippen LogP contribution in [-0.2, 0) is 0 Å². The van der Waals surface area contributed by atoms with Crippen LogP contribution in [0.3, 0.4) is 0 Å². The van der Waals surface area contributed by atoms with E-state index in [1.165, 1.54) is 28.1 Å². The van der Waals surface area contributed by atoms with Gasteiger partial charge in [-0.25, -0.2) is 14.2 Å². The molecular weight excluding hydrogens is 259 g/mol. The number of thiophene rings is 1. The Morgan fingerprint density at radius 1 is 1.41 bits per heavy atom. The number of nitrogens with zero attached hydrogens (tertiary/aromatic N) is 2. The number of nitrogens with one attached hydrogen (secondary N) is 1. The molecule has 0 amide bonds. The van der Waals surface area contributed by atoms with Gasteiger partial charge >= 0.3 is 0 Å². The standard InChI is InChI=1S/C10H7FN4S2/c11-6-2-1-5-3-8(17-7(5)4-6)9-13-14-10(16)15(9)12/h1-4H,12H2,(H,14,16). The first-order valence-electron chi connectivity index (χ1n) is 4.77. The van der Waals surface area contributed by atoms with Gasteiger partial charge < -0.3 is 5.84 Å². The molecule has 1 aromatic carbocycles. The van der Waals surface area contributed by atoms with E-state index in [1.54, 1.807) is 6.07 Å². The van der Waals surface area contributed by atoms with E-state index in [0.717, 1.165) is 15.0 Å². The Morgan fingerprint density at radius 2 is 2.24 bits per heavy atom. The highest BCUT2D eigenvalue weighted by Crippen LogP contribution is 2.32. The normalized spacial score (nSPS) is 11.1. The summed E-state index contributed by atoms with van der Waals surface area (Å²) in [6, 6.07) is 6.56. The molecule has 4 nitrogen and oxygen atoms in total. The van der Waals surface area contributed by atoms with Crippen molar-refractivity contribution in [3.63, 3.8) is 0 Å². The Morgan fingerprint density at radius 3 is 2.94 bits per heavy atom. The lowest BCUT2D eigenvalue weighted by Gasteiger charge is -1.94. The first kappa shape index (κ1) is 10.4. The van der Waals surface area contributed by atoms with E-state index in [9.17, 15) is 4.39 Å². The maximum atomic E-state index is 13.1. The molecule has 0 atom stereocenters. The van der Waals surface area contributed by atoms with Crippen molar-refractivity contribution in [1.29, 1.82) is 0 Å². The van der Waals surface area contributed by atoms with E-state index in [0.29, 0.717) is 10.6 Å². The summed E-state index contributed by atoms with van der Waals surface area (Å²) in [5, 5.41) is 7.61. The largest absolute Gasteiger partial charge is 0.335 e. The van der Waals surface area contributed by atoms with E-state index in [4.69, 9.17) is 18.1 Å². The van der Waals surface area contributed by atoms with Gasteiger partial charge in [-0.2, -0.15) is 5.10 Å². The molecule has 0 radical (unpaired) electrons. The third kappa shape index (κ3) is 1.63. The number of halogens is 1. The van der Waals surface area contributed by atoms with Gasteiger partial charge in [0.1, 0.15) is 5.82 Å². The maximum Gasteiger partial charge on any atom is 0.214 e. The molecule has 0 spiro atoms. The molecule has 0 aliphatic heterocycles. The van der Waals surface area contributed by atoms with Gasteiger partial charge in [-0.05, 0) is 35.8 Å². The number of fused-ring (bicyclic) bond motifs is 1. The Bertz CT molecular complexity index is 755. The fourth-order valence-corrected chi connectivity index (χ4v) is 2.80. The van der Waals surface area contributed by atoms with Crippen LogP contribution >= 0.6 is 23.6 Å². The van der Waals surface area contributed by atoms with Crippen LogP contribution in [0.25, 0.3) is 20.8 Å². The molecule has 17 heavy (non-hydrogen) atoms. The monoisotopic (exact) mass is 266 g/mol. The number of aromatic amines is 1. The Balaban J connectivity index is 2.25. The predicted molar refractivity (Wildman–Crippen MR) is 68.3 cm³/mol. The van der Waals surface area contributed by atoms with Crippen LogP contribution in [0.2, 0.25) is 0 Å². The smallest absolute Gasteiger partial charge is 0.214 e. The topological polar surface area (TPSA) is 59.6 Å². The van der Waals surface area contributed by atoms with Crippen LogP contribution in [0.1, 0.15) is 0 Å². The second kappa shape index (κ2) is 3.64. The summed E-state index contributed by atoms with van der Waals surface area (Å²) in [5.41, 5.74) is 0. The van der Waals surface area contributed by atoms with E-state index in [-0.39, 0.29) is 5.82 Å². The third-order valence-corrected chi connectivity index (χ3v) is 3.79. The Labute approximate surface area is 104 Å². The van der Waals surface area contributed by atoms with E-state index in [1.807, 2.05) is 6.07 Å². The summed E-state index contributed by atoms with van der Waals surface area (Å²) in [5.74, 6) is 6.04. The molecule has 0 aliphatic rings. The number of nitrogen functional groups attached to an aromatic ring is 1. The second-order valence-corrected chi connectivity index (χ2v) is 4.99. The quantitative estimate of drug-likeness (QED) is 0.526. The molecule has 7 heteroatoms. The zero-order valence-corrected chi connectivity index (χ0v) is 10.1. The molecule has 0 fully saturated rings. The van der Waals surface area contributed by atoms with Crippen molar-refractivity contribution in [1.82, 2.24) is 14.9 Å². The number of aromatic nitrogens is 3. The summed E-state index contributed by atoms with van der Waals surface area (Å²) in [6.45, 7) is 0. The summed E-state index contributed by atoms with van der Waals surface area (Å²) < 4.78 is 15.6. The number of H-pyrrole nitrogens is 1. The van der Waals surface area contributed by atoms with Crippen LogP contribution in [0.4, 0.5) is 4.39 Å². The van der Waals surface area contributed by atoms with Gasteiger partial charge in [0, 0.05) is 4.70 Å². The molecule has 0 saturated carbocycles. The predicted octanol–water partition coefficient (Wildman–Crippen LogP) is 2.68. The van der Waals surface area contributed by atoms with Crippen molar-refractivity contribution in [2.75, 3.05) is 5.84 Å². The molecule has 0 unspecified atom stereocenters. The summed E-state index contributed by atoms with van der Waals surface area (Å²) >= 11 is 6.36. The lowest BCUT2D eigenvalue weighted by molar-refractivity contribution is 0.630. The first-order valence-corrected chi connectivity index (χ1v) is 5.99. The SMILES string of the molecule is Nn1c(-c2cc3ccc(F)cc3s2)n[nH]c1=S. The van der Waals surface area contributed by atoms with E-state index < -0.39 is 0 Å². The molecule has 3 N–H and O–H groups in total. The number of benzene rings is 1. The van der Waals surface area contributed by atoms with Crippen molar-refractivity contribution in [3.8, 4) is 10.7 Å². The van der Waals surface area contributed by atoms with Crippen molar-refractivity contribution >= 4 is 33.6 Å². The second-order valence-electron chi connectivity index (χ2n) is 3.52. The average Bonchev–Trinajstić information content (AvgIpc) is 2.83. The number of hydrogen-bond donors (Lipinski definition) is 2. The van der Waals surface area contributed by atoms with E-state index in [2.05, 4.69) is 10.2 Å². The van der Waals surface area contributed by atoms with Crippen molar-refractivity contribution < 1.29 is 4.39 Å². The highest BCUT2D eigenvalue weighted by molar-refractivity contribution is 7.71. The van der Waals surface area contributed by atoms with E-state index >= 15 is 0 Å². The molecular formula is C10H7FN4S2. The van der Waals surface area contributed by atoms with Crippen molar-refractivity contribution in [2.24, 2.45) is 0 Å². The maximum absolute atomic E-state index is 13.1. The fraction of sp³-hybridized carbons (Fsp3) is 0. The highest BCUT2D eigenvalue weighted by Gasteiger charge is 2.10. The molecule has 0 aliphatic carbocycles. The van der Waals surface area contributed by atoms with Crippen LogP contribution in [0.5, 0.6) is 0 Å². The van der Waals surface area contributed by atoms with Crippen LogP contribution < -0.4 is 5.84 Å². The third-order valence-electron chi connectivity index (χ3n) is 2.41. The van der Waals surface area contributed by atoms with Gasteiger partial charge in [-0.15, -0.1) is 11.3 Å². The number of hydrogen-bond acceptors (Lipinski definition) is 4. The van der Waals surface area contributed by atoms with Crippen LogP contribution in [-0.4, -0.2) is 14.9 Å². The Hall–Kier alpha value is -1.73. The van der Waals surface area contributed by atoms with Gasteiger partial charge in [0.25, 0.3) is 0 Å². The van der Waals surface area contributed by atoms with Crippen LogP contribution in [0.15, 0.2) is 24.3 Å². The summed E-state index contributed by atoms with van der Waals surface area (Å²) in [4.78, 5) is 0.848. The number of rotatable bonds is 1. The summed E-state index contributed by atoms with van der Waals surface area (Å²) in [6.07, 6.45) is 0. The first-order chi connectivity index (χ1) is 8.15. The minimum atomic E-state index is -0.252. The lowest BCUT2D eigenvalue weighted by Crippen LogP contribution is -2.09. The molecule has 2 aromatic heterocycles. The Kier molecular flexibility index (Phi) is 2.23. The molecule has 3 rings (SSSR count). The van der Waals surface area contributed by atoms with Gasteiger partial charge in [0.05, 0.1) is 4.88 Å². The van der Waals surface area contributed by atoms with Gasteiger partial charge in [-0.3, -0.25) is 0 Å². The minimum Gasteiger partial charge on any atom is -0.335 e. The molecule has 2 heterocycles. The van der Waals surface area contributed by atoms with Gasteiger partial charge in [0.15, 0.2) is 5.82 Å². The zero-order valence-electron chi connectivity index (χ0n) is 8.48. The summed E-state index contributed by atoms with van der Waals surface area (Å²) in [7, 11) is 0. The lowest BCUT2D eigenvalue weighted by atomic mass is 10.2. The minimum absolute atomic E-state index is 0.252. The van der Waals surface area contributed by atoms with Gasteiger partial charge in [-0.1, -0.05) is 6.07 Å². The van der Waals surface area contributed by atoms with Crippen molar-refractivity contribution in [2.45, 2.75) is 0 Å². The fourth-order valence-electron chi connectivity index (χ4n) is 1.59. The van der Waals surface area contributed by atoms with Gasteiger partial charge in [0.2, 0.25) is 4.77 Å². The number of nitrogens with two attached hydrogens (primary N) is 1. The van der Waals surface area contributed by atoms with Crippen LogP contribution in [0, 0.1) is 10.6 Å². The highest BCUT2D eigenvalue weighted by atomic mass is 32.1. The van der Waals surface area contributed by atoms with Crippen molar-refractivity contribution in [3.05, 3.63) is 34.9 Å². The molecule has 0 bridgehead atoms. The molecule has 0 saturated heterocycles. The molecule has 3 aromatic rings. The average molecular weight is 266 g/mol.